The van der Waals surface area contributed by atoms with Gasteiger partial charge in [-0.1, -0.05) is 49.2 Å². The summed E-state index contributed by atoms with van der Waals surface area (Å²) in [5, 5.41) is 10.8. The highest BCUT2D eigenvalue weighted by Crippen LogP contribution is 2.42. The van der Waals surface area contributed by atoms with Crippen molar-refractivity contribution in [3.8, 4) is 5.75 Å². The molecule has 5 nitrogen and oxygen atoms in total. The fourth-order valence-corrected chi connectivity index (χ4v) is 7.89. The Bertz CT molecular complexity index is 1480. The number of aromatic nitrogens is 1. The lowest BCUT2D eigenvalue weighted by Gasteiger charge is -2.23. The Balaban J connectivity index is 1.99. The van der Waals surface area contributed by atoms with Gasteiger partial charge in [-0.05, 0) is 73.6 Å². The molecule has 2 aromatic heterocycles. The SMILES string of the molecule is CCN(CC)Cc1cc(C(c2cc(C)nc3cc(Cl)ccc23)S(=O)(=O)c2ccc(Cl)s2)ccc1O. The van der Waals surface area contributed by atoms with Gasteiger partial charge in [-0.3, -0.25) is 9.88 Å². The Morgan fingerprint density at radius 1 is 1.03 bits per heavy atom. The number of halogens is 2. The van der Waals surface area contributed by atoms with Gasteiger partial charge in [-0.2, -0.15) is 0 Å². The minimum Gasteiger partial charge on any atom is -0.508 e. The number of hydrogen-bond donors (Lipinski definition) is 1. The number of benzene rings is 2. The summed E-state index contributed by atoms with van der Waals surface area (Å²) in [6.45, 7) is 8.06. The maximum atomic E-state index is 14.1. The van der Waals surface area contributed by atoms with Gasteiger partial charge in [0.15, 0.2) is 9.84 Å². The zero-order chi connectivity index (χ0) is 25.3. The molecule has 4 aromatic rings. The standard InChI is InChI=1S/C26H26Cl2N2O3S2/c1-4-30(5-2)15-18-13-17(6-9-23(18)31)26(35(32,33)25-11-10-24(28)34-25)21-12-16(3)29-22-14-19(27)7-8-20(21)22/h6-14,26,31H,4-5,15H2,1-3H3. The Labute approximate surface area is 219 Å². The molecule has 9 heteroatoms. The van der Waals surface area contributed by atoms with Crippen molar-refractivity contribution in [2.45, 2.75) is 36.8 Å². The molecule has 0 spiro atoms. The summed E-state index contributed by atoms with van der Waals surface area (Å²) in [6.07, 6.45) is 0. The number of sulfone groups is 1. The van der Waals surface area contributed by atoms with Crippen molar-refractivity contribution in [2.24, 2.45) is 0 Å². The third-order valence-corrected chi connectivity index (χ3v) is 10.1. The van der Waals surface area contributed by atoms with Crippen LogP contribution in [0.1, 0.15) is 41.5 Å². The Morgan fingerprint density at radius 2 is 1.77 bits per heavy atom. The molecule has 35 heavy (non-hydrogen) atoms. The maximum Gasteiger partial charge on any atom is 0.198 e. The molecule has 0 saturated carbocycles. The minimum absolute atomic E-state index is 0.138. The zero-order valence-electron chi connectivity index (χ0n) is 19.6. The van der Waals surface area contributed by atoms with Crippen molar-refractivity contribution in [1.82, 2.24) is 9.88 Å². The number of rotatable bonds is 8. The number of aromatic hydroxyl groups is 1. The van der Waals surface area contributed by atoms with Crippen molar-refractivity contribution in [1.29, 1.82) is 0 Å². The average molecular weight is 550 g/mol. The summed E-state index contributed by atoms with van der Waals surface area (Å²) < 4.78 is 28.8. The van der Waals surface area contributed by atoms with Gasteiger partial charge in [-0.25, -0.2) is 8.42 Å². The third-order valence-electron chi connectivity index (χ3n) is 6.05. The normalized spacial score (nSPS) is 13.0. The van der Waals surface area contributed by atoms with Crippen LogP contribution in [0.5, 0.6) is 5.75 Å². The van der Waals surface area contributed by atoms with Crippen LogP contribution in [0.15, 0.2) is 58.8 Å². The maximum absolute atomic E-state index is 14.1. The Morgan fingerprint density at radius 3 is 2.43 bits per heavy atom. The van der Waals surface area contributed by atoms with E-state index in [9.17, 15) is 13.5 Å². The molecule has 1 N–H and O–H groups in total. The van der Waals surface area contributed by atoms with Gasteiger partial charge in [0.25, 0.3) is 0 Å². The van der Waals surface area contributed by atoms with Gasteiger partial charge in [0.2, 0.25) is 0 Å². The highest BCUT2D eigenvalue weighted by Gasteiger charge is 2.34. The second-order valence-corrected chi connectivity index (χ2v) is 12.8. The predicted octanol–water partition coefficient (Wildman–Crippen LogP) is 7.02. The predicted molar refractivity (Wildman–Crippen MR) is 145 cm³/mol. The molecule has 2 aromatic carbocycles. The molecule has 184 valence electrons. The lowest BCUT2D eigenvalue weighted by atomic mass is 9.97. The Kier molecular flexibility index (Phi) is 7.74. The molecule has 0 aliphatic rings. The number of thiophene rings is 1. The second kappa shape index (κ2) is 10.4. The van der Waals surface area contributed by atoms with E-state index in [0.29, 0.717) is 49.2 Å². The molecule has 0 amide bonds. The van der Waals surface area contributed by atoms with Crippen LogP contribution < -0.4 is 0 Å². The van der Waals surface area contributed by atoms with Crippen molar-refractivity contribution in [3.63, 3.8) is 0 Å². The smallest absolute Gasteiger partial charge is 0.198 e. The number of phenolic OH excluding ortho intramolecular Hbond substituents is 1. The fraction of sp³-hybridized carbons (Fsp3) is 0.269. The number of phenols is 1. The molecule has 1 unspecified atom stereocenters. The molecular weight excluding hydrogens is 523 g/mol. The van der Waals surface area contributed by atoms with E-state index in [1.807, 2.05) is 13.0 Å². The molecule has 2 heterocycles. The van der Waals surface area contributed by atoms with Crippen molar-refractivity contribution >= 4 is 55.3 Å². The summed E-state index contributed by atoms with van der Waals surface area (Å²) in [5.41, 5.74) is 3.15. The van der Waals surface area contributed by atoms with Crippen LogP contribution in [0.2, 0.25) is 9.36 Å². The van der Waals surface area contributed by atoms with Crippen LogP contribution >= 0.6 is 34.5 Å². The first-order valence-electron chi connectivity index (χ1n) is 11.2. The average Bonchev–Trinajstić information content (AvgIpc) is 3.26. The summed E-state index contributed by atoms with van der Waals surface area (Å²) >= 11 is 13.4. The topological polar surface area (TPSA) is 70.5 Å². The number of aryl methyl sites for hydroxylation is 1. The van der Waals surface area contributed by atoms with Gasteiger partial charge in [0.05, 0.1) is 9.85 Å². The number of nitrogens with zero attached hydrogens (tertiary/aromatic N) is 2. The van der Waals surface area contributed by atoms with Crippen molar-refractivity contribution in [2.75, 3.05) is 13.1 Å². The molecule has 0 aliphatic carbocycles. The molecule has 0 aliphatic heterocycles. The van der Waals surface area contributed by atoms with Crippen molar-refractivity contribution < 1.29 is 13.5 Å². The molecule has 0 radical (unpaired) electrons. The van der Waals surface area contributed by atoms with Gasteiger partial charge in [0.1, 0.15) is 15.2 Å². The van der Waals surface area contributed by atoms with Crippen molar-refractivity contribution in [3.05, 3.63) is 86.3 Å². The van der Waals surface area contributed by atoms with Crippen LogP contribution in [0.4, 0.5) is 0 Å². The van der Waals surface area contributed by atoms with E-state index >= 15 is 0 Å². The largest absolute Gasteiger partial charge is 0.508 e. The van der Waals surface area contributed by atoms with E-state index < -0.39 is 15.1 Å². The number of hydrogen-bond acceptors (Lipinski definition) is 6. The van der Waals surface area contributed by atoms with E-state index in [1.54, 1.807) is 48.5 Å². The molecule has 4 rings (SSSR count). The van der Waals surface area contributed by atoms with Gasteiger partial charge in [0, 0.05) is 28.2 Å². The highest BCUT2D eigenvalue weighted by molar-refractivity contribution is 7.94. The van der Waals surface area contributed by atoms with E-state index in [0.717, 1.165) is 24.4 Å². The quantitative estimate of drug-likeness (QED) is 0.256. The monoisotopic (exact) mass is 548 g/mol. The fourth-order valence-electron chi connectivity index (χ4n) is 4.26. The summed E-state index contributed by atoms with van der Waals surface area (Å²) in [4.78, 5) is 6.74. The van der Waals surface area contributed by atoms with E-state index in [1.165, 1.54) is 0 Å². The van der Waals surface area contributed by atoms with E-state index in [2.05, 4.69) is 23.7 Å². The van der Waals surface area contributed by atoms with Gasteiger partial charge in [-0.15, -0.1) is 11.3 Å². The molecule has 0 fully saturated rings. The lowest BCUT2D eigenvalue weighted by Crippen LogP contribution is -2.22. The molecular formula is C26H26Cl2N2O3S2. The van der Waals surface area contributed by atoms with E-state index in [-0.39, 0.29) is 9.96 Å². The third kappa shape index (κ3) is 5.34. The molecule has 1 atom stereocenters. The minimum atomic E-state index is -3.90. The van der Waals surface area contributed by atoms with Gasteiger partial charge < -0.3 is 5.11 Å². The lowest BCUT2D eigenvalue weighted by molar-refractivity contribution is 0.290. The molecule has 0 bridgehead atoms. The summed E-state index contributed by atoms with van der Waals surface area (Å²) in [5.74, 6) is 0.138. The van der Waals surface area contributed by atoms with Crippen LogP contribution in [0.3, 0.4) is 0 Å². The summed E-state index contributed by atoms with van der Waals surface area (Å²) in [6, 6.07) is 15.3. The second-order valence-electron chi connectivity index (χ2n) is 8.35. The van der Waals surface area contributed by atoms with Crippen LogP contribution in [-0.2, 0) is 16.4 Å². The number of fused-ring (bicyclic) bond motifs is 1. The highest BCUT2D eigenvalue weighted by atomic mass is 35.5. The first-order valence-corrected chi connectivity index (χ1v) is 14.4. The number of pyridine rings is 1. The Hall–Kier alpha value is -2.16. The van der Waals surface area contributed by atoms with Gasteiger partial charge >= 0.3 is 0 Å². The zero-order valence-corrected chi connectivity index (χ0v) is 22.8. The van der Waals surface area contributed by atoms with Crippen LogP contribution in [-0.4, -0.2) is 36.5 Å². The first kappa shape index (κ1) is 25.9. The molecule has 0 saturated heterocycles. The van der Waals surface area contributed by atoms with E-state index in [4.69, 9.17) is 23.2 Å². The first-order chi connectivity index (χ1) is 16.6. The van der Waals surface area contributed by atoms with Crippen LogP contribution in [0, 0.1) is 6.92 Å². The summed E-state index contributed by atoms with van der Waals surface area (Å²) in [7, 11) is -3.90. The van der Waals surface area contributed by atoms with Crippen LogP contribution in [0.25, 0.3) is 10.9 Å².